The largest absolute Gasteiger partial charge is 0.574 e. The number of carbonyl (C=O) groups excluding carboxylic acids is 2. The zero-order valence-corrected chi connectivity index (χ0v) is 19.8. The first-order chi connectivity index (χ1) is 17.2. The number of amides is 2. The number of fused-ring (bicyclic) bond motifs is 2. The van der Waals surface area contributed by atoms with Crippen molar-refractivity contribution in [1.29, 1.82) is 0 Å². The Bertz CT molecular complexity index is 1150. The zero-order chi connectivity index (χ0) is 27.2. The predicted octanol–water partition coefficient (Wildman–Crippen LogP) is 4.10. The van der Waals surface area contributed by atoms with Gasteiger partial charge in [-0.1, -0.05) is 11.6 Å². The Kier molecular flexibility index (Phi) is 6.99. The van der Waals surface area contributed by atoms with E-state index >= 15 is 0 Å². The van der Waals surface area contributed by atoms with Crippen molar-refractivity contribution >= 4 is 29.1 Å². The lowest BCUT2D eigenvalue weighted by Gasteiger charge is -2.41. The summed E-state index contributed by atoms with van der Waals surface area (Å²) in [5, 5.41) is 2.69. The Morgan fingerprint density at radius 3 is 2.35 bits per heavy atom. The molecule has 5 atom stereocenters. The smallest absolute Gasteiger partial charge is 0.388 e. The highest BCUT2D eigenvalue weighted by atomic mass is 35.5. The molecule has 0 spiro atoms. The number of halogens is 7. The van der Waals surface area contributed by atoms with E-state index in [0.717, 1.165) is 24.7 Å². The summed E-state index contributed by atoms with van der Waals surface area (Å²) in [5.41, 5.74) is -5.09. The number of nitrogens with zero attached hydrogens (tertiary/aromatic N) is 4. The fourth-order valence-corrected chi connectivity index (χ4v) is 5.09. The van der Waals surface area contributed by atoms with Crippen molar-refractivity contribution in [3.63, 3.8) is 0 Å². The number of pyridine rings is 1. The van der Waals surface area contributed by atoms with Crippen LogP contribution >= 0.6 is 11.6 Å². The molecule has 4 rings (SSSR count). The highest BCUT2D eigenvalue weighted by Gasteiger charge is 2.58. The van der Waals surface area contributed by atoms with Crippen molar-refractivity contribution in [2.75, 3.05) is 4.90 Å². The van der Waals surface area contributed by atoms with Crippen LogP contribution in [0.2, 0.25) is 0 Å². The molecule has 0 aliphatic heterocycles. The number of rotatable bonds is 7. The molecule has 0 saturated heterocycles. The third kappa shape index (κ3) is 5.29. The van der Waals surface area contributed by atoms with Gasteiger partial charge in [0.2, 0.25) is 5.88 Å². The van der Waals surface area contributed by atoms with Gasteiger partial charge in [0.1, 0.15) is 6.33 Å². The van der Waals surface area contributed by atoms with Crippen molar-refractivity contribution in [2.24, 2.45) is 11.8 Å². The van der Waals surface area contributed by atoms with E-state index in [4.69, 9.17) is 11.6 Å². The first-order valence-electron chi connectivity index (χ1n) is 11.0. The van der Waals surface area contributed by atoms with Crippen LogP contribution in [0.1, 0.15) is 31.7 Å². The maximum absolute atomic E-state index is 14.2. The standard InChI is InChI=1S/C22H20ClF6N5O3/c1-20(13-7-30-10-31-8-13,19(36)33-15-5-12-4-11(15)6-21(12,25)26)34(18(35)17(23)24)14-2-3-16(32-9-14)37-22(27,28)29/h2-3,7-12,15,17H,4-6H2,1H3,(H,33,36)/t11?,12-,15+,17-,20+/m0/s1. The molecule has 15 heteroatoms. The number of alkyl halides is 7. The van der Waals surface area contributed by atoms with Crippen LogP contribution < -0.4 is 15.0 Å². The molecule has 1 unspecified atom stereocenters. The Morgan fingerprint density at radius 1 is 1.19 bits per heavy atom. The van der Waals surface area contributed by atoms with E-state index in [2.05, 4.69) is 25.0 Å². The van der Waals surface area contributed by atoms with Crippen LogP contribution in [0, 0.1) is 11.8 Å². The van der Waals surface area contributed by atoms with E-state index in [0.29, 0.717) is 4.90 Å². The molecule has 2 amide bonds. The number of ether oxygens (including phenoxy) is 1. The van der Waals surface area contributed by atoms with E-state index in [9.17, 15) is 35.9 Å². The monoisotopic (exact) mass is 551 g/mol. The van der Waals surface area contributed by atoms with Gasteiger partial charge in [-0.2, -0.15) is 0 Å². The fraction of sp³-hybridized carbons (Fsp3) is 0.500. The maximum Gasteiger partial charge on any atom is 0.574 e. The Morgan fingerprint density at radius 2 is 1.86 bits per heavy atom. The van der Waals surface area contributed by atoms with Crippen LogP contribution in [0.5, 0.6) is 5.88 Å². The van der Waals surface area contributed by atoms with Crippen LogP contribution in [0.25, 0.3) is 0 Å². The molecule has 37 heavy (non-hydrogen) atoms. The summed E-state index contributed by atoms with van der Waals surface area (Å²) < 4.78 is 83.6. The minimum atomic E-state index is -5.04. The first kappa shape index (κ1) is 26.9. The number of hydrogen-bond donors (Lipinski definition) is 1. The van der Waals surface area contributed by atoms with Crippen LogP contribution in [0.15, 0.2) is 37.1 Å². The van der Waals surface area contributed by atoms with Gasteiger partial charge < -0.3 is 10.1 Å². The first-order valence-corrected chi connectivity index (χ1v) is 11.4. The molecule has 200 valence electrons. The minimum Gasteiger partial charge on any atom is -0.388 e. The number of aromatic nitrogens is 3. The molecular weight excluding hydrogens is 532 g/mol. The second-order valence-electron chi connectivity index (χ2n) is 9.05. The molecule has 2 aliphatic carbocycles. The summed E-state index contributed by atoms with van der Waals surface area (Å²) in [5.74, 6) is -7.44. The van der Waals surface area contributed by atoms with E-state index in [1.54, 1.807) is 0 Å². The average Bonchev–Trinajstić information content (AvgIpc) is 3.35. The lowest BCUT2D eigenvalue weighted by atomic mass is 9.87. The van der Waals surface area contributed by atoms with Gasteiger partial charge in [0.25, 0.3) is 23.4 Å². The molecular formula is C22H20ClF6N5O3. The SMILES string of the molecule is C[C@](C(=O)N[C@@H]1C[C@@H]2CC1CC2(F)F)(c1cncnc1)N(C(=O)[C@H](F)Cl)c1ccc(OC(F)(F)F)nc1. The summed E-state index contributed by atoms with van der Waals surface area (Å²) in [6.45, 7) is 1.22. The molecule has 2 heterocycles. The summed E-state index contributed by atoms with van der Waals surface area (Å²) >= 11 is 5.44. The predicted molar refractivity (Wildman–Crippen MR) is 116 cm³/mol. The Balaban J connectivity index is 1.73. The highest BCUT2D eigenvalue weighted by Crippen LogP contribution is 2.53. The van der Waals surface area contributed by atoms with Crippen LogP contribution in [-0.4, -0.2) is 50.7 Å². The summed E-state index contributed by atoms with van der Waals surface area (Å²) in [4.78, 5) is 38.5. The van der Waals surface area contributed by atoms with E-state index in [1.807, 2.05) is 0 Å². The molecule has 0 radical (unpaired) electrons. The molecule has 1 N–H and O–H groups in total. The van der Waals surface area contributed by atoms with Gasteiger partial charge in [-0.15, -0.1) is 13.2 Å². The molecule has 2 saturated carbocycles. The van der Waals surface area contributed by atoms with Crippen LogP contribution in [-0.2, 0) is 15.1 Å². The lowest BCUT2D eigenvalue weighted by molar-refractivity contribution is -0.276. The zero-order valence-electron chi connectivity index (χ0n) is 19.1. The van der Waals surface area contributed by atoms with Gasteiger partial charge in [-0.3, -0.25) is 14.5 Å². The van der Waals surface area contributed by atoms with Crippen molar-refractivity contribution < 1.29 is 40.7 Å². The second kappa shape index (κ2) is 9.62. The highest BCUT2D eigenvalue weighted by molar-refractivity contribution is 6.32. The van der Waals surface area contributed by atoms with Gasteiger partial charge in [0, 0.05) is 42.4 Å². The van der Waals surface area contributed by atoms with Crippen LogP contribution in [0.3, 0.4) is 0 Å². The summed E-state index contributed by atoms with van der Waals surface area (Å²) in [6.07, 6.45) is -0.972. The molecule has 0 aromatic carbocycles. The molecule has 2 fully saturated rings. The Hall–Kier alpha value is -3.16. The molecule has 8 nitrogen and oxygen atoms in total. The van der Waals surface area contributed by atoms with Gasteiger partial charge >= 0.3 is 6.36 Å². The van der Waals surface area contributed by atoms with Gasteiger partial charge in [-0.25, -0.2) is 28.1 Å². The summed E-state index contributed by atoms with van der Waals surface area (Å²) in [6, 6.07) is 1.08. The number of hydrogen-bond acceptors (Lipinski definition) is 6. The third-order valence-electron chi connectivity index (χ3n) is 6.76. The molecule has 2 bridgehead atoms. The summed E-state index contributed by atoms with van der Waals surface area (Å²) in [7, 11) is 0. The number of nitrogens with one attached hydrogen (secondary N) is 1. The molecule has 2 aliphatic rings. The molecule has 2 aromatic heterocycles. The quantitative estimate of drug-likeness (QED) is 0.411. The Labute approximate surface area is 211 Å². The van der Waals surface area contributed by atoms with Gasteiger partial charge in [0.15, 0.2) is 5.54 Å². The van der Waals surface area contributed by atoms with Crippen molar-refractivity contribution in [3.8, 4) is 5.88 Å². The lowest BCUT2D eigenvalue weighted by Crippen LogP contribution is -2.60. The van der Waals surface area contributed by atoms with Crippen molar-refractivity contribution in [3.05, 3.63) is 42.6 Å². The van der Waals surface area contributed by atoms with Gasteiger partial charge in [0.05, 0.1) is 11.9 Å². The third-order valence-corrected chi connectivity index (χ3v) is 6.95. The molecule has 2 aromatic rings. The van der Waals surface area contributed by atoms with Crippen molar-refractivity contribution in [2.45, 2.75) is 55.7 Å². The number of anilines is 1. The fourth-order valence-electron chi connectivity index (χ4n) is 5.00. The average molecular weight is 552 g/mol. The van der Waals surface area contributed by atoms with Crippen molar-refractivity contribution in [1.82, 2.24) is 20.3 Å². The van der Waals surface area contributed by atoms with E-state index in [1.165, 1.54) is 19.3 Å². The number of carbonyl (C=O) groups is 2. The van der Waals surface area contributed by atoms with E-state index in [-0.39, 0.29) is 24.1 Å². The second-order valence-corrected chi connectivity index (χ2v) is 9.43. The van der Waals surface area contributed by atoms with Crippen LogP contribution in [0.4, 0.5) is 32.0 Å². The normalized spacial score (nSPS) is 24.7. The maximum atomic E-state index is 14.2. The minimum absolute atomic E-state index is 0.00496. The van der Waals surface area contributed by atoms with Gasteiger partial charge in [-0.05, 0) is 31.7 Å². The topological polar surface area (TPSA) is 97.3 Å². The van der Waals surface area contributed by atoms with E-state index < -0.39 is 65.4 Å².